The maximum absolute atomic E-state index is 12.7. The molecule has 210 valence electrons. The summed E-state index contributed by atoms with van der Waals surface area (Å²) < 4.78 is 37.0. The van der Waals surface area contributed by atoms with Crippen LogP contribution >= 0.6 is 18.7 Å². The molecule has 3 heterocycles. The maximum atomic E-state index is 12.7. The second kappa shape index (κ2) is 11.8. The van der Waals surface area contributed by atoms with Gasteiger partial charge in [-0.2, -0.15) is 14.6 Å². The molecule has 13 nitrogen and oxygen atoms in total. The fourth-order valence-electron chi connectivity index (χ4n) is 4.74. The molecule has 1 saturated heterocycles. The minimum absolute atomic E-state index is 0.0177. The topological polar surface area (TPSA) is 157 Å². The van der Waals surface area contributed by atoms with E-state index in [1.54, 1.807) is 13.3 Å². The Hall–Kier alpha value is -2.34. The zero-order valence-corrected chi connectivity index (χ0v) is 23.8. The average Bonchev–Trinajstić information content (AvgIpc) is 3.53. The lowest BCUT2D eigenvalue weighted by Gasteiger charge is -2.24. The van der Waals surface area contributed by atoms with Crippen LogP contribution in [0.2, 0.25) is 5.28 Å². The standard InChI is InChI=1S/C23H34ClN6O7P/c1-12-16(10-35-17(38(4,5)33)11-34-13(2)31)37-22(19(12)36-14(3)32)30-21-18(28-29-30)20(26-23(24)27-21)25-15-8-6-7-9-15/h12,15-17,19,22H,6-11H2,1-5H3,(H,25,26,27)/t12-,16-,17?,19?,22-/m1/s1. The molecule has 38 heavy (non-hydrogen) atoms. The molecule has 0 bridgehead atoms. The van der Waals surface area contributed by atoms with E-state index in [-0.39, 0.29) is 30.5 Å². The maximum Gasteiger partial charge on any atom is 0.303 e. The van der Waals surface area contributed by atoms with E-state index >= 15 is 0 Å². The van der Waals surface area contributed by atoms with Gasteiger partial charge in [0.05, 0.1) is 12.7 Å². The van der Waals surface area contributed by atoms with Gasteiger partial charge in [0.15, 0.2) is 29.3 Å². The second-order valence-electron chi connectivity index (χ2n) is 10.2. The van der Waals surface area contributed by atoms with Crippen LogP contribution in [-0.4, -0.2) is 87.5 Å². The van der Waals surface area contributed by atoms with E-state index < -0.39 is 43.4 Å². The number of halogens is 1. The second-order valence-corrected chi connectivity index (χ2v) is 14.0. The van der Waals surface area contributed by atoms with Gasteiger partial charge in [-0.25, -0.2) is 0 Å². The summed E-state index contributed by atoms with van der Waals surface area (Å²) in [5.41, 5.74) is 0.763. The van der Waals surface area contributed by atoms with Crippen molar-refractivity contribution < 1.29 is 33.1 Å². The molecule has 0 radical (unpaired) electrons. The van der Waals surface area contributed by atoms with Gasteiger partial charge in [0.1, 0.15) is 19.6 Å². The predicted octanol–water partition coefficient (Wildman–Crippen LogP) is 3.22. The molecule has 0 aromatic carbocycles. The van der Waals surface area contributed by atoms with Crippen molar-refractivity contribution in [3.05, 3.63) is 5.28 Å². The number of fused-ring (bicyclic) bond motifs is 1. The molecule has 1 aliphatic heterocycles. The van der Waals surface area contributed by atoms with Crippen molar-refractivity contribution in [1.82, 2.24) is 25.0 Å². The smallest absolute Gasteiger partial charge is 0.303 e. The lowest BCUT2D eigenvalue weighted by molar-refractivity contribution is -0.154. The van der Waals surface area contributed by atoms with Crippen LogP contribution in [0.15, 0.2) is 0 Å². The van der Waals surface area contributed by atoms with Crippen LogP contribution in [0.1, 0.15) is 52.7 Å². The number of aromatic nitrogens is 5. The van der Waals surface area contributed by atoms with Gasteiger partial charge in [-0.1, -0.05) is 25.0 Å². The molecule has 1 aliphatic carbocycles. The van der Waals surface area contributed by atoms with E-state index in [9.17, 15) is 14.2 Å². The van der Waals surface area contributed by atoms with Crippen molar-refractivity contribution in [2.45, 2.75) is 76.8 Å². The van der Waals surface area contributed by atoms with E-state index in [0.29, 0.717) is 17.0 Å². The number of carbonyl (C=O) groups excluding carboxylic acids is 2. The molecule has 0 spiro atoms. The van der Waals surface area contributed by atoms with E-state index in [0.717, 1.165) is 25.7 Å². The van der Waals surface area contributed by atoms with Crippen LogP contribution in [0.3, 0.4) is 0 Å². The monoisotopic (exact) mass is 572 g/mol. The fourth-order valence-corrected chi connectivity index (χ4v) is 5.78. The van der Waals surface area contributed by atoms with Gasteiger partial charge in [0, 0.05) is 25.8 Å². The third-order valence-corrected chi connectivity index (χ3v) is 8.67. The first-order valence-electron chi connectivity index (χ1n) is 12.6. The van der Waals surface area contributed by atoms with Gasteiger partial charge in [0.2, 0.25) is 5.28 Å². The number of hydrogen-bond donors (Lipinski definition) is 1. The van der Waals surface area contributed by atoms with Gasteiger partial charge >= 0.3 is 11.9 Å². The number of esters is 2. The Labute approximate surface area is 225 Å². The molecule has 1 N–H and O–H groups in total. The van der Waals surface area contributed by atoms with Crippen LogP contribution in [0.4, 0.5) is 5.82 Å². The number of ether oxygens (including phenoxy) is 4. The first-order valence-corrected chi connectivity index (χ1v) is 15.7. The van der Waals surface area contributed by atoms with Gasteiger partial charge in [-0.3, -0.25) is 9.59 Å². The summed E-state index contributed by atoms with van der Waals surface area (Å²) in [6.07, 6.45) is 2.15. The lowest BCUT2D eigenvalue weighted by atomic mass is 10.0. The molecule has 2 unspecified atom stereocenters. The Kier molecular flexibility index (Phi) is 8.91. The Morgan fingerprint density at radius 3 is 2.55 bits per heavy atom. The van der Waals surface area contributed by atoms with Crippen molar-refractivity contribution in [2.24, 2.45) is 5.92 Å². The molecule has 2 aromatic rings. The number of nitrogens with zero attached hydrogens (tertiary/aromatic N) is 5. The summed E-state index contributed by atoms with van der Waals surface area (Å²) in [4.78, 5) is 31.9. The number of hydrogen-bond acceptors (Lipinski definition) is 12. The minimum atomic E-state index is -2.77. The van der Waals surface area contributed by atoms with Crippen LogP contribution in [0, 0.1) is 5.92 Å². The third-order valence-electron chi connectivity index (χ3n) is 6.81. The largest absolute Gasteiger partial charge is 0.463 e. The third kappa shape index (κ3) is 6.62. The summed E-state index contributed by atoms with van der Waals surface area (Å²) in [5, 5.41) is 12.0. The van der Waals surface area contributed by atoms with Crippen molar-refractivity contribution in [2.75, 3.05) is 31.9 Å². The predicted molar refractivity (Wildman–Crippen MR) is 138 cm³/mol. The van der Waals surface area contributed by atoms with E-state index in [1.807, 2.05) is 6.92 Å². The Morgan fingerprint density at radius 1 is 1.21 bits per heavy atom. The van der Waals surface area contributed by atoms with E-state index in [2.05, 4.69) is 25.6 Å². The van der Waals surface area contributed by atoms with Gasteiger partial charge in [-0.15, -0.1) is 5.10 Å². The number of anilines is 1. The summed E-state index contributed by atoms with van der Waals surface area (Å²) in [5.74, 6) is -1.64. The summed E-state index contributed by atoms with van der Waals surface area (Å²) in [6.45, 7) is 7.45. The summed E-state index contributed by atoms with van der Waals surface area (Å²) in [6, 6.07) is 0.264. The average molecular weight is 573 g/mol. The molecule has 4 rings (SSSR count). The Morgan fingerprint density at radius 2 is 1.92 bits per heavy atom. The highest BCUT2D eigenvalue weighted by Crippen LogP contribution is 2.44. The quantitative estimate of drug-likeness (QED) is 0.252. The van der Waals surface area contributed by atoms with Crippen molar-refractivity contribution in [1.29, 1.82) is 0 Å². The zero-order valence-electron chi connectivity index (χ0n) is 22.1. The van der Waals surface area contributed by atoms with Gasteiger partial charge < -0.3 is 28.8 Å². The SMILES string of the molecule is CC(=O)OCC(OC[C@H]1O[C@@H](n2nnc3c(NC4CCCC4)nc(Cl)nc32)C(OC(C)=O)[C@@H]1C)P(C)(C)=O. The molecular weight excluding hydrogens is 539 g/mol. The fraction of sp³-hybridized carbons (Fsp3) is 0.739. The molecule has 1 saturated carbocycles. The first kappa shape index (κ1) is 28.7. The molecule has 5 atom stereocenters. The van der Waals surface area contributed by atoms with E-state index in [4.69, 9.17) is 30.5 Å². The molecule has 2 fully saturated rings. The summed E-state index contributed by atoms with van der Waals surface area (Å²) >= 11 is 6.26. The molecule has 2 aromatic heterocycles. The number of nitrogens with one attached hydrogen (secondary N) is 1. The van der Waals surface area contributed by atoms with Crippen molar-refractivity contribution in [3.63, 3.8) is 0 Å². The Balaban J connectivity index is 1.59. The van der Waals surface area contributed by atoms with Crippen LogP contribution in [0.25, 0.3) is 11.2 Å². The molecule has 15 heteroatoms. The van der Waals surface area contributed by atoms with Crippen molar-refractivity contribution >= 4 is 47.7 Å². The number of rotatable bonds is 10. The molecule has 2 aliphatic rings. The molecular formula is C23H34ClN6O7P. The van der Waals surface area contributed by atoms with E-state index in [1.165, 1.54) is 18.5 Å². The van der Waals surface area contributed by atoms with Crippen LogP contribution in [0.5, 0.6) is 0 Å². The highest BCUT2D eigenvalue weighted by atomic mass is 35.5. The number of carbonyl (C=O) groups is 2. The van der Waals surface area contributed by atoms with Crippen LogP contribution < -0.4 is 5.32 Å². The lowest BCUT2D eigenvalue weighted by Crippen LogP contribution is -2.32. The molecule has 0 amide bonds. The van der Waals surface area contributed by atoms with Gasteiger partial charge in [0.25, 0.3) is 0 Å². The van der Waals surface area contributed by atoms with Gasteiger partial charge in [-0.05, 0) is 37.8 Å². The summed E-state index contributed by atoms with van der Waals surface area (Å²) in [7, 11) is -2.77. The van der Waals surface area contributed by atoms with Crippen LogP contribution in [-0.2, 0) is 33.1 Å². The Bertz CT molecular complexity index is 1220. The highest BCUT2D eigenvalue weighted by molar-refractivity contribution is 7.62. The minimum Gasteiger partial charge on any atom is -0.463 e. The van der Waals surface area contributed by atoms with Crippen molar-refractivity contribution in [3.8, 4) is 0 Å². The zero-order chi connectivity index (χ0) is 27.6. The normalized spacial score (nSPS) is 25.0. The highest BCUT2D eigenvalue weighted by Gasteiger charge is 2.47. The first-order chi connectivity index (χ1) is 17.9.